The number of aliphatic imine (C=N–C) groups is 1. The summed E-state index contributed by atoms with van der Waals surface area (Å²) in [5.74, 6) is 2.32. The van der Waals surface area contributed by atoms with Crippen molar-refractivity contribution in [2.75, 3.05) is 0 Å². The van der Waals surface area contributed by atoms with Gasteiger partial charge in [-0.1, -0.05) is 6.08 Å². The highest BCUT2D eigenvalue weighted by Gasteiger charge is 2.14. The molecule has 10 radical (unpaired) electrons. The molecule has 2 aliphatic carbocycles. The highest BCUT2D eigenvalue weighted by molar-refractivity contribution is 5.83. The second kappa shape index (κ2) is 5.33. The molecule has 2 fully saturated rings. The van der Waals surface area contributed by atoms with E-state index in [-0.39, 0.29) is 0 Å². The van der Waals surface area contributed by atoms with Gasteiger partial charge < -0.3 is 0 Å². The van der Waals surface area contributed by atoms with Crippen LogP contribution in [0.4, 0.5) is 0 Å². The van der Waals surface area contributed by atoms with Crippen molar-refractivity contribution in [2.24, 2.45) is 4.99 Å². The van der Waals surface area contributed by atoms with Gasteiger partial charge in [-0.05, 0) is 51.4 Å². The predicted octanol–water partition coefficient (Wildman–Crippen LogP) is 2.38. The van der Waals surface area contributed by atoms with Crippen LogP contribution in [0.25, 0.3) is 0 Å². The van der Waals surface area contributed by atoms with Gasteiger partial charge in [-0.15, -0.1) is 0 Å². The number of rotatable bonds is 3. The maximum atomic E-state index is 4.18. The van der Waals surface area contributed by atoms with Gasteiger partial charge >= 0.3 is 0 Å². The van der Waals surface area contributed by atoms with Crippen LogP contribution < -0.4 is 0 Å². The van der Waals surface area contributed by atoms with E-state index in [1.165, 1.54) is 5.92 Å². The molecule has 2 saturated carbocycles. The molecule has 0 heterocycles. The van der Waals surface area contributed by atoms with E-state index in [9.17, 15) is 0 Å². The molecule has 0 atom stereocenters. The van der Waals surface area contributed by atoms with Crippen molar-refractivity contribution in [3.63, 3.8) is 0 Å². The number of nitrogens with zero attached hydrogens (tertiary/aromatic N) is 1. The minimum atomic E-state index is 1.14. The van der Waals surface area contributed by atoms with Crippen LogP contribution in [-0.2, 0) is 0 Å². The molecule has 0 unspecified atom stereocenters. The third kappa shape index (κ3) is 2.97. The van der Waals surface area contributed by atoms with E-state index in [4.69, 9.17) is 0 Å². The summed E-state index contributed by atoms with van der Waals surface area (Å²) in [7, 11) is 0. The lowest BCUT2D eigenvalue weighted by atomic mass is 10.1. The van der Waals surface area contributed by atoms with E-state index in [0.29, 0.717) is 0 Å². The van der Waals surface area contributed by atoms with E-state index < -0.39 is 0 Å². The standard InChI is InChI=1S/C13H11N/c1-2-6-12(5-1)9-10-14-11-13-7-3-4-8-13/h1-11H/b10-9+,14-11?. The van der Waals surface area contributed by atoms with E-state index >= 15 is 0 Å². The molecule has 0 saturated heterocycles. The van der Waals surface area contributed by atoms with Crippen molar-refractivity contribution in [1.82, 2.24) is 0 Å². The molecule has 68 valence electrons. The number of hydrogen-bond donors (Lipinski definition) is 0. The summed E-state index contributed by atoms with van der Waals surface area (Å²) in [5, 5.41) is 0. The molecule has 1 nitrogen and oxygen atoms in total. The van der Waals surface area contributed by atoms with Gasteiger partial charge in [0.05, 0.1) is 0 Å². The lowest BCUT2D eigenvalue weighted by molar-refractivity contribution is 1.35. The Morgan fingerprint density at radius 1 is 0.786 bits per heavy atom. The van der Waals surface area contributed by atoms with Crippen LogP contribution in [0.5, 0.6) is 0 Å². The van der Waals surface area contributed by atoms with Crippen LogP contribution in [0.3, 0.4) is 0 Å². The summed E-state index contributed by atoms with van der Waals surface area (Å²) in [6.45, 7) is 0. The van der Waals surface area contributed by atoms with Gasteiger partial charge in [0.15, 0.2) is 0 Å². The fourth-order valence-electron chi connectivity index (χ4n) is 1.23. The van der Waals surface area contributed by atoms with Gasteiger partial charge in [0.25, 0.3) is 0 Å². The van der Waals surface area contributed by atoms with Crippen molar-refractivity contribution >= 4 is 6.21 Å². The van der Waals surface area contributed by atoms with Gasteiger partial charge in [0, 0.05) is 24.3 Å². The first-order chi connectivity index (χ1) is 6.95. The molecule has 0 aliphatic heterocycles. The highest BCUT2D eigenvalue weighted by atomic mass is 14.7. The molecule has 1 heteroatoms. The molecular weight excluding hydrogens is 170 g/mol. The molecule has 2 aliphatic rings. The van der Waals surface area contributed by atoms with Crippen LogP contribution in [0.1, 0.15) is 0 Å². The minimum Gasteiger partial charge on any atom is -0.269 e. The first-order valence-corrected chi connectivity index (χ1v) is 4.58. The SMILES string of the molecule is [CH]1[CH][CH][C](C=N/C=C/[C]2[CH][CH][CH][CH]2)[CH]1. The van der Waals surface area contributed by atoms with Crippen molar-refractivity contribution < 1.29 is 0 Å². The summed E-state index contributed by atoms with van der Waals surface area (Å²) in [4.78, 5) is 4.18. The molecule has 0 N–H and O–H groups in total. The first-order valence-electron chi connectivity index (χ1n) is 4.58. The molecule has 14 heavy (non-hydrogen) atoms. The zero-order valence-corrected chi connectivity index (χ0v) is 7.80. The van der Waals surface area contributed by atoms with Crippen molar-refractivity contribution in [2.45, 2.75) is 0 Å². The lowest BCUT2D eigenvalue weighted by Gasteiger charge is -1.97. The first kappa shape index (κ1) is 9.95. The van der Waals surface area contributed by atoms with Crippen LogP contribution in [0.2, 0.25) is 0 Å². The Labute approximate surface area is 87.3 Å². The topological polar surface area (TPSA) is 12.4 Å². The van der Waals surface area contributed by atoms with Crippen LogP contribution in [-0.4, -0.2) is 6.21 Å². The Bertz CT molecular complexity index is 181. The smallest absolute Gasteiger partial charge is 0.0236 e. The van der Waals surface area contributed by atoms with Gasteiger partial charge in [0.1, 0.15) is 0 Å². The number of hydrogen-bond acceptors (Lipinski definition) is 1. The third-order valence-corrected chi connectivity index (χ3v) is 1.95. The fraction of sp³-hybridized carbons (Fsp3) is 0. The van der Waals surface area contributed by atoms with Crippen LogP contribution in [0, 0.1) is 63.2 Å². The monoisotopic (exact) mass is 181 g/mol. The van der Waals surface area contributed by atoms with Gasteiger partial charge in [-0.3, -0.25) is 4.99 Å². The maximum absolute atomic E-state index is 4.18. The second-order valence-corrected chi connectivity index (χ2v) is 3.03. The minimum absolute atomic E-state index is 1.14. The average molecular weight is 181 g/mol. The summed E-state index contributed by atoms with van der Waals surface area (Å²) < 4.78 is 0. The van der Waals surface area contributed by atoms with E-state index in [1.807, 2.05) is 57.0 Å². The van der Waals surface area contributed by atoms with Gasteiger partial charge in [-0.2, -0.15) is 0 Å². The van der Waals surface area contributed by atoms with Crippen molar-refractivity contribution in [3.8, 4) is 0 Å². The lowest BCUT2D eigenvalue weighted by Crippen LogP contribution is -1.91. The normalized spacial score (nSPS) is 26.0. The Kier molecular flexibility index (Phi) is 3.79. The molecule has 0 aromatic heterocycles. The van der Waals surface area contributed by atoms with Gasteiger partial charge in [-0.25, -0.2) is 0 Å². The Balaban J connectivity index is 1.69. The summed E-state index contributed by atoms with van der Waals surface area (Å²) in [6.07, 6.45) is 21.8. The quantitative estimate of drug-likeness (QED) is 0.593. The van der Waals surface area contributed by atoms with E-state index in [0.717, 1.165) is 5.92 Å². The number of allylic oxidation sites excluding steroid dienone is 1. The summed E-state index contributed by atoms with van der Waals surface area (Å²) in [6, 6.07) is 0. The van der Waals surface area contributed by atoms with Crippen molar-refractivity contribution in [3.05, 3.63) is 75.5 Å². The van der Waals surface area contributed by atoms with E-state index in [1.54, 1.807) is 0 Å². The molecule has 0 spiro atoms. The molecule has 0 amide bonds. The molecule has 0 bridgehead atoms. The van der Waals surface area contributed by atoms with Crippen LogP contribution >= 0.6 is 0 Å². The molecule has 0 aromatic carbocycles. The van der Waals surface area contributed by atoms with Gasteiger partial charge in [0.2, 0.25) is 0 Å². The fourth-order valence-corrected chi connectivity index (χ4v) is 1.23. The third-order valence-electron chi connectivity index (χ3n) is 1.95. The molecular formula is C13H11N. The summed E-state index contributed by atoms with van der Waals surface area (Å²) in [5.41, 5.74) is 0. The highest BCUT2D eigenvalue weighted by Crippen LogP contribution is 2.24. The zero-order chi connectivity index (χ0) is 9.64. The van der Waals surface area contributed by atoms with E-state index in [2.05, 4.69) is 17.8 Å². The molecule has 0 aromatic rings. The Hall–Kier alpha value is -0.590. The summed E-state index contributed by atoms with van der Waals surface area (Å²) >= 11 is 0. The van der Waals surface area contributed by atoms with Crippen LogP contribution in [0.15, 0.2) is 17.3 Å². The Morgan fingerprint density at radius 2 is 1.36 bits per heavy atom. The molecule has 2 rings (SSSR count). The predicted molar refractivity (Wildman–Crippen MR) is 58.5 cm³/mol. The maximum Gasteiger partial charge on any atom is 0.0236 e. The Morgan fingerprint density at radius 3 is 2.00 bits per heavy atom. The zero-order valence-electron chi connectivity index (χ0n) is 7.80. The average Bonchev–Trinajstić information content (AvgIpc) is 2.86. The second-order valence-electron chi connectivity index (χ2n) is 3.03. The largest absolute Gasteiger partial charge is 0.269 e. The van der Waals surface area contributed by atoms with Crippen molar-refractivity contribution in [1.29, 1.82) is 0 Å².